The number of hydrogen-bond acceptors (Lipinski definition) is 5. The fourth-order valence-electron chi connectivity index (χ4n) is 1.15. The van der Waals surface area contributed by atoms with Gasteiger partial charge in [-0.3, -0.25) is 9.98 Å². The number of hydrogen-bond donors (Lipinski definition) is 1. The minimum atomic E-state index is 0. The molecule has 0 saturated heterocycles. The predicted octanol–water partition coefficient (Wildman–Crippen LogP) is 2.45. The van der Waals surface area contributed by atoms with Crippen molar-refractivity contribution in [1.29, 1.82) is 0 Å². The van der Waals surface area contributed by atoms with E-state index in [4.69, 9.17) is 5.73 Å². The Kier molecular flexibility index (Phi) is 8.01. The summed E-state index contributed by atoms with van der Waals surface area (Å²) in [6.07, 6.45) is 3.62. The molecule has 0 unspecified atom stereocenters. The summed E-state index contributed by atoms with van der Waals surface area (Å²) in [5.74, 6) is 2.02. The number of halogens is 2. The zero-order chi connectivity index (χ0) is 9.80. The summed E-state index contributed by atoms with van der Waals surface area (Å²) in [5, 5.41) is 0.727. The van der Waals surface area contributed by atoms with Gasteiger partial charge in [0.25, 0.3) is 0 Å². The first-order valence-corrected chi connectivity index (χ1v) is 6.30. The largest absolute Gasteiger partial charge is 0.379 e. The Labute approximate surface area is 116 Å². The van der Waals surface area contributed by atoms with Crippen LogP contribution in [-0.2, 0) is 0 Å². The number of aromatic nitrogens is 1. The third-order valence-corrected chi connectivity index (χ3v) is 3.94. The molecule has 0 saturated carbocycles. The summed E-state index contributed by atoms with van der Waals surface area (Å²) in [4.78, 5) is 9.54. The van der Waals surface area contributed by atoms with Crippen LogP contribution in [0.3, 0.4) is 0 Å². The Morgan fingerprint density at radius 2 is 2.06 bits per heavy atom. The van der Waals surface area contributed by atoms with Gasteiger partial charge in [-0.2, -0.15) is 0 Å². The first-order chi connectivity index (χ1) is 6.84. The van der Waals surface area contributed by atoms with Gasteiger partial charge in [-0.1, -0.05) is 11.8 Å². The summed E-state index contributed by atoms with van der Waals surface area (Å²) < 4.78 is 0. The van der Waals surface area contributed by atoms with Crippen LogP contribution in [0.5, 0.6) is 0 Å². The number of amidine groups is 1. The molecule has 90 valence electrons. The molecular formula is C9H13Cl2N3S2. The first-order valence-electron chi connectivity index (χ1n) is 4.33. The molecule has 2 heterocycles. The summed E-state index contributed by atoms with van der Waals surface area (Å²) in [5.41, 5.74) is 5.59. The summed E-state index contributed by atoms with van der Waals surface area (Å²) in [6, 6.07) is 4.40. The molecule has 3 nitrogen and oxygen atoms in total. The van der Waals surface area contributed by atoms with Gasteiger partial charge in [-0.15, -0.1) is 36.6 Å². The summed E-state index contributed by atoms with van der Waals surface area (Å²) >= 11 is 3.45. The fraction of sp³-hybridized carbons (Fsp3) is 0.333. The minimum Gasteiger partial charge on any atom is -0.379 e. The van der Waals surface area contributed by atoms with Crippen molar-refractivity contribution in [1.82, 2.24) is 4.98 Å². The van der Waals surface area contributed by atoms with Gasteiger partial charge in [-0.25, -0.2) is 0 Å². The Morgan fingerprint density at radius 1 is 1.38 bits per heavy atom. The van der Waals surface area contributed by atoms with E-state index in [0.717, 1.165) is 16.7 Å². The average molecular weight is 298 g/mol. The van der Waals surface area contributed by atoms with E-state index in [1.165, 1.54) is 4.90 Å². The lowest BCUT2D eigenvalue weighted by molar-refractivity contribution is 0.877. The van der Waals surface area contributed by atoms with E-state index in [-0.39, 0.29) is 24.8 Å². The van der Waals surface area contributed by atoms with Gasteiger partial charge >= 0.3 is 0 Å². The molecular weight excluding hydrogens is 285 g/mol. The highest BCUT2D eigenvalue weighted by molar-refractivity contribution is 8.14. The SMILES string of the molecule is Cl.Cl.NC1=N[C@@H](CSc2ccncc2)CS1. The van der Waals surface area contributed by atoms with Crippen LogP contribution in [0.4, 0.5) is 0 Å². The van der Waals surface area contributed by atoms with Gasteiger partial charge in [-0.05, 0) is 12.1 Å². The molecule has 0 aliphatic carbocycles. The molecule has 7 heteroatoms. The molecule has 16 heavy (non-hydrogen) atoms. The van der Waals surface area contributed by atoms with Crippen LogP contribution in [0.25, 0.3) is 0 Å². The molecule has 0 spiro atoms. The number of thioether (sulfide) groups is 2. The predicted molar refractivity (Wildman–Crippen MR) is 77.3 cm³/mol. The van der Waals surface area contributed by atoms with Crippen LogP contribution >= 0.6 is 48.3 Å². The van der Waals surface area contributed by atoms with Crippen LogP contribution < -0.4 is 5.73 Å². The number of pyridine rings is 1. The zero-order valence-corrected chi connectivity index (χ0v) is 11.7. The second kappa shape index (κ2) is 8.06. The molecule has 0 bridgehead atoms. The standard InChI is InChI=1S/C9H11N3S2.2ClH/c10-9-12-7(6-14-9)5-13-8-1-3-11-4-2-8;;/h1-4,7H,5-6H2,(H2,10,12);2*1H/t7-;;/m0../s1. The first kappa shape index (κ1) is 15.9. The molecule has 0 radical (unpaired) electrons. The Balaban J connectivity index is 0.00000112. The monoisotopic (exact) mass is 297 g/mol. The van der Waals surface area contributed by atoms with E-state index >= 15 is 0 Å². The molecule has 1 aromatic rings. The summed E-state index contributed by atoms with van der Waals surface area (Å²) in [6.45, 7) is 0. The molecule has 0 aromatic carbocycles. The maximum absolute atomic E-state index is 5.59. The molecule has 1 aliphatic rings. The second-order valence-electron chi connectivity index (χ2n) is 2.93. The molecule has 2 rings (SSSR count). The normalized spacial score (nSPS) is 18.2. The van der Waals surface area contributed by atoms with Crippen LogP contribution in [0.2, 0.25) is 0 Å². The van der Waals surface area contributed by atoms with Gasteiger partial charge in [0.2, 0.25) is 0 Å². The second-order valence-corrected chi connectivity index (χ2v) is 5.06. The van der Waals surface area contributed by atoms with Crippen molar-refractivity contribution in [3.8, 4) is 0 Å². The van der Waals surface area contributed by atoms with Gasteiger partial charge < -0.3 is 5.73 Å². The summed E-state index contributed by atoms with van der Waals surface area (Å²) in [7, 11) is 0. The number of aliphatic imine (C=N–C) groups is 1. The third-order valence-electron chi connectivity index (χ3n) is 1.83. The van der Waals surface area contributed by atoms with Crippen molar-refractivity contribution in [2.45, 2.75) is 10.9 Å². The van der Waals surface area contributed by atoms with Crippen LogP contribution in [0.15, 0.2) is 34.4 Å². The highest BCUT2D eigenvalue weighted by Crippen LogP contribution is 2.23. The van der Waals surface area contributed by atoms with E-state index in [2.05, 4.69) is 9.98 Å². The third kappa shape index (κ3) is 4.82. The minimum absolute atomic E-state index is 0. The Bertz CT molecular complexity index is 335. The Morgan fingerprint density at radius 3 is 2.62 bits per heavy atom. The van der Waals surface area contributed by atoms with Crippen LogP contribution in [0, 0.1) is 0 Å². The lowest BCUT2D eigenvalue weighted by Gasteiger charge is -2.04. The van der Waals surface area contributed by atoms with Crippen molar-refractivity contribution in [2.24, 2.45) is 10.7 Å². The van der Waals surface area contributed by atoms with E-state index in [1.807, 2.05) is 24.5 Å². The zero-order valence-electron chi connectivity index (χ0n) is 8.41. The van der Waals surface area contributed by atoms with E-state index in [0.29, 0.717) is 6.04 Å². The number of nitrogens with two attached hydrogens (primary N) is 1. The maximum atomic E-state index is 5.59. The highest BCUT2D eigenvalue weighted by atomic mass is 35.5. The van der Waals surface area contributed by atoms with Crippen molar-refractivity contribution in [3.63, 3.8) is 0 Å². The topological polar surface area (TPSA) is 51.3 Å². The van der Waals surface area contributed by atoms with Gasteiger partial charge in [0.15, 0.2) is 5.17 Å². The Hall–Kier alpha value is -0.100. The quantitative estimate of drug-likeness (QED) is 0.871. The molecule has 1 aromatic heterocycles. The average Bonchev–Trinajstić information content (AvgIpc) is 2.63. The molecule has 1 atom stereocenters. The molecule has 2 N–H and O–H groups in total. The van der Waals surface area contributed by atoms with E-state index < -0.39 is 0 Å². The van der Waals surface area contributed by atoms with Crippen molar-refractivity contribution in [3.05, 3.63) is 24.5 Å². The van der Waals surface area contributed by atoms with Crippen LogP contribution in [-0.4, -0.2) is 27.7 Å². The van der Waals surface area contributed by atoms with Crippen molar-refractivity contribution >= 4 is 53.5 Å². The molecule has 0 fully saturated rings. The lowest BCUT2D eigenvalue weighted by Crippen LogP contribution is -2.07. The lowest BCUT2D eigenvalue weighted by atomic mass is 10.4. The van der Waals surface area contributed by atoms with Gasteiger partial charge in [0.05, 0.1) is 6.04 Å². The van der Waals surface area contributed by atoms with Crippen LogP contribution in [0.1, 0.15) is 0 Å². The van der Waals surface area contributed by atoms with Crippen molar-refractivity contribution in [2.75, 3.05) is 11.5 Å². The van der Waals surface area contributed by atoms with Gasteiger partial charge in [0.1, 0.15) is 0 Å². The van der Waals surface area contributed by atoms with Gasteiger partial charge in [0, 0.05) is 28.8 Å². The maximum Gasteiger partial charge on any atom is 0.154 e. The van der Waals surface area contributed by atoms with Crippen molar-refractivity contribution < 1.29 is 0 Å². The van der Waals surface area contributed by atoms with E-state index in [1.54, 1.807) is 23.5 Å². The van der Waals surface area contributed by atoms with E-state index in [9.17, 15) is 0 Å². The molecule has 0 amide bonds. The fourth-order valence-corrected chi connectivity index (χ4v) is 2.97. The smallest absolute Gasteiger partial charge is 0.154 e. The molecule has 1 aliphatic heterocycles. The number of rotatable bonds is 3. The highest BCUT2D eigenvalue weighted by Gasteiger charge is 2.15. The number of nitrogens with zero attached hydrogens (tertiary/aromatic N) is 2.